The van der Waals surface area contributed by atoms with Crippen molar-refractivity contribution in [1.29, 1.82) is 0 Å². The van der Waals surface area contributed by atoms with Gasteiger partial charge in [-0.25, -0.2) is 4.39 Å². The lowest BCUT2D eigenvalue weighted by molar-refractivity contribution is 0.0714. The minimum absolute atomic E-state index is 0.165. The van der Waals surface area contributed by atoms with Gasteiger partial charge in [0.25, 0.3) is 5.91 Å². The van der Waals surface area contributed by atoms with Crippen LogP contribution in [0.2, 0.25) is 0 Å². The van der Waals surface area contributed by atoms with Crippen LogP contribution in [-0.4, -0.2) is 29.9 Å². The highest BCUT2D eigenvalue weighted by molar-refractivity contribution is 5.94. The van der Waals surface area contributed by atoms with E-state index in [1.54, 1.807) is 23.1 Å². The van der Waals surface area contributed by atoms with E-state index in [0.29, 0.717) is 19.1 Å². The van der Waals surface area contributed by atoms with Crippen molar-refractivity contribution < 1.29 is 9.18 Å². The third-order valence-electron chi connectivity index (χ3n) is 4.64. The fraction of sp³-hybridized carbons (Fsp3) is 0.350. The van der Waals surface area contributed by atoms with Crippen LogP contribution in [0.4, 0.5) is 10.1 Å². The summed E-state index contributed by atoms with van der Waals surface area (Å²) in [6, 6.07) is 12.9. The number of likely N-dealkylation sites (tertiary alicyclic amines) is 1. The van der Waals surface area contributed by atoms with Crippen molar-refractivity contribution in [3.8, 4) is 0 Å². The molecular formula is C20H23FN2O. The van der Waals surface area contributed by atoms with Crippen LogP contribution in [-0.2, 0) is 0 Å². The molecule has 1 saturated heterocycles. The van der Waals surface area contributed by atoms with Gasteiger partial charge in [0.2, 0.25) is 0 Å². The van der Waals surface area contributed by atoms with E-state index in [1.165, 1.54) is 17.2 Å². The van der Waals surface area contributed by atoms with E-state index in [4.69, 9.17) is 0 Å². The van der Waals surface area contributed by atoms with Crippen molar-refractivity contribution in [3.63, 3.8) is 0 Å². The molecule has 0 aromatic heterocycles. The molecule has 1 fully saturated rings. The Kier molecular flexibility index (Phi) is 4.84. The highest BCUT2D eigenvalue weighted by atomic mass is 19.1. The molecule has 2 aromatic rings. The first kappa shape index (κ1) is 16.5. The summed E-state index contributed by atoms with van der Waals surface area (Å²) in [6.07, 6.45) is 1.74. The third-order valence-corrected chi connectivity index (χ3v) is 4.64. The van der Waals surface area contributed by atoms with Crippen molar-refractivity contribution >= 4 is 11.6 Å². The van der Waals surface area contributed by atoms with Gasteiger partial charge in [0.05, 0.1) is 5.56 Å². The molecule has 0 bridgehead atoms. The van der Waals surface area contributed by atoms with Crippen molar-refractivity contribution in [2.24, 2.45) is 0 Å². The number of nitrogens with one attached hydrogen (secondary N) is 1. The van der Waals surface area contributed by atoms with E-state index in [1.807, 2.05) is 0 Å². The molecule has 0 spiro atoms. The number of rotatable bonds is 3. The molecule has 1 amide bonds. The van der Waals surface area contributed by atoms with Crippen LogP contribution in [0.1, 0.15) is 34.3 Å². The maximum atomic E-state index is 13.8. The Hall–Kier alpha value is -2.36. The number of nitrogens with zero attached hydrogens (tertiary/aromatic N) is 1. The lowest BCUT2D eigenvalue weighted by Crippen LogP contribution is -2.42. The van der Waals surface area contributed by atoms with Gasteiger partial charge in [0, 0.05) is 24.8 Å². The SMILES string of the molecule is Cc1ccc(C)c(NC2CCN(C(=O)c3ccccc3F)CC2)c1. The number of halogens is 1. The Balaban J connectivity index is 1.61. The van der Waals surface area contributed by atoms with E-state index in [2.05, 4.69) is 37.4 Å². The van der Waals surface area contributed by atoms with Gasteiger partial charge < -0.3 is 10.2 Å². The predicted molar refractivity (Wildman–Crippen MR) is 94.9 cm³/mol. The van der Waals surface area contributed by atoms with Gasteiger partial charge in [-0.1, -0.05) is 24.3 Å². The Bertz CT molecular complexity index is 736. The molecular weight excluding hydrogens is 303 g/mol. The van der Waals surface area contributed by atoms with Crippen molar-refractivity contribution in [2.75, 3.05) is 18.4 Å². The Morgan fingerprint density at radius 1 is 1.12 bits per heavy atom. The summed E-state index contributed by atoms with van der Waals surface area (Å²) in [5.74, 6) is -0.656. The molecule has 2 aromatic carbocycles. The van der Waals surface area contributed by atoms with Crippen LogP contribution >= 0.6 is 0 Å². The number of aryl methyl sites for hydroxylation is 2. The molecule has 0 radical (unpaired) electrons. The highest BCUT2D eigenvalue weighted by Crippen LogP contribution is 2.22. The Labute approximate surface area is 142 Å². The minimum Gasteiger partial charge on any atom is -0.382 e. The van der Waals surface area contributed by atoms with E-state index < -0.39 is 5.82 Å². The van der Waals surface area contributed by atoms with Crippen molar-refractivity contribution in [1.82, 2.24) is 4.90 Å². The number of anilines is 1. The smallest absolute Gasteiger partial charge is 0.256 e. The second kappa shape index (κ2) is 7.04. The van der Waals surface area contributed by atoms with Gasteiger partial charge >= 0.3 is 0 Å². The Morgan fingerprint density at radius 2 is 1.83 bits per heavy atom. The second-order valence-electron chi connectivity index (χ2n) is 6.51. The van der Waals surface area contributed by atoms with E-state index in [0.717, 1.165) is 18.5 Å². The molecule has 0 saturated carbocycles. The molecule has 1 aliphatic rings. The van der Waals surface area contributed by atoms with E-state index >= 15 is 0 Å². The largest absolute Gasteiger partial charge is 0.382 e. The number of amides is 1. The summed E-state index contributed by atoms with van der Waals surface area (Å²) in [7, 11) is 0. The fourth-order valence-electron chi connectivity index (χ4n) is 3.14. The first-order valence-corrected chi connectivity index (χ1v) is 8.42. The molecule has 1 heterocycles. The lowest BCUT2D eigenvalue weighted by Gasteiger charge is -2.33. The monoisotopic (exact) mass is 326 g/mol. The summed E-state index contributed by atoms with van der Waals surface area (Å²) >= 11 is 0. The van der Waals surface area contributed by atoms with Gasteiger partial charge in [0.1, 0.15) is 5.82 Å². The molecule has 126 valence electrons. The zero-order valence-corrected chi connectivity index (χ0v) is 14.2. The summed E-state index contributed by atoms with van der Waals surface area (Å²) < 4.78 is 13.8. The first-order valence-electron chi connectivity index (χ1n) is 8.42. The normalized spacial score (nSPS) is 15.4. The highest BCUT2D eigenvalue weighted by Gasteiger charge is 2.25. The molecule has 1 N–H and O–H groups in total. The summed E-state index contributed by atoms with van der Waals surface area (Å²) in [5.41, 5.74) is 3.79. The van der Waals surface area contributed by atoms with Gasteiger partial charge in [0.15, 0.2) is 0 Å². The molecule has 3 rings (SSSR count). The number of hydrogen-bond acceptors (Lipinski definition) is 2. The third kappa shape index (κ3) is 3.58. The van der Waals surface area contributed by atoms with E-state index in [9.17, 15) is 9.18 Å². The zero-order chi connectivity index (χ0) is 17.1. The predicted octanol–water partition coefficient (Wildman–Crippen LogP) is 4.16. The molecule has 24 heavy (non-hydrogen) atoms. The number of benzene rings is 2. The standard InChI is InChI=1S/C20H23FN2O/c1-14-7-8-15(2)19(13-14)22-16-9-11-23(12-10-16)20(24)17-5-3-4-6-18(17)21/h3-8,13,16,22H,9-12H2,1-2H3. The maximum Gasteiger partial charge on any atom is 0.256 e. The minimum atomic E-state index is -0.446. The topological polar surface area (TPSA) is 32.3 Å². The van der Waals surface area contributed by atoms with Crippen LogP contribution in [0.25, 0.3) is 0 Å². The molecule has 4 heteroatoms. The molecule has 0 unspecified atom stereocenters. The van der Waals surface area contributed by atoms with Gasteiger partial charge in [-0.05, 0) is 56.0 Å². The number of hydrogen-bond donors (Lipinski definition) is 1. The molecule has 0 atom stereocenters. The maximum absolute atomic E-state index is 13.8. The number of carbonyl (C=O) groups is 1. The number of carbonyl (C=O) groups excluding carboxylic acids is 1. The average Bonchev–Trinajstić information content (AvgIpc) is 2.59. The van der Waals surface area contributed by atoms with Crippen LogP contribution in [0, 0.1) is 19.7 Å². The molecule has 1 aliphatic heterocycles. The molecule has 3 nitrogen and oxygen atoms in total. The number of piperidine rings is 1. The van der Waals surface area contributed by atoms with Crippen LogP contribution < -0.4 is 5.32 Å². The van der Waals surface area contributed by atoms with Gasteiger partial charge in [-0.15, -0.1) is 0 Å². The fourth-order valence-corrected chi connectivity index (χ4v) is 3.14. The summed E-state index contributed by atoms with van der Waals surface area (Å²) in [5, 5.41) is 3.59. The average molecular weight is 326 g/mol. The van der Waals surface area contributed by atoms with Gasteiger partial charge in [-0.3, -0.25) is 4.79 Å². The van der Waals surface area contributed by atoms with Crippen LogP contribution in [0.15, 0.2) is 42.5 Å². The van der Waals surface area contributed by atoms with Gasteiger partial charge in [-0.2, -0.15) is 0 Å². The lowest BCUT2D eigenvalue weighted by atomic mass is 10.0. The summed E-state index contributed by atoms with van der Waals surface area (Å²) in [6.45, 7) is 5.48. The first-order chi connectivity index (χ1) is 11.5. The van der Waals surface area contributed by atoms with Crippen LogP contribution in [0.5, 0.6) is 0 Å². The van der Waals surface area contributed by atoms with E-state index in [-0.39, 0.29) is 11.5 Å². The second-order valence-corrected chi connectivity index (χ2v) is 6.51. The quantitative estimate of drug-likeness (QED) is 0.918. The van der Waals surface area contributed by atoms with Crippen LogP contribution in [0.3, 0.4) is 0 Å². The summed E-state index contributed by atoms with van der Waals surface area (Å²) in [4.78, 5) is 14.2. The zero-order valence-electron chi connectivity index (χ0n) is 14.2. The van der Waals surface area contributed by atoms with Crippen molar-refractivity contribution in [3.05, 3.63) is 65.0 Å². The van der Waals surface area contributed by atoms with Crippen molar-refractivity contribution in [2.45, 2.75) is 32.7 Å². The molecule has 0 aliphatic carbocycles. The Morgan fingerprint density at radius 3 is 2.54 bits per heavy atom.